The predicted molar refractivity (Wildman–Crippen MR) is 280 cm³/mol. The number of allylic oxidation sites excluding steroid dienone is 12. The molecule has 0 aromatic heterocycles. The Morgan fingerprint density at radius 1 is 0.810 bits per heavy atom. The van der Waals surface area contributed by atoms with E-state index < -0.39 is 0 Å². The number of hydrogen-bond acceptors (Lipinski definition) is 2. The van der Waals surface area contributed by atoms with Gasteiger partial charge in [0.2, 0.25) is 0 Å². The lowest BCUT2D eigenvalue weighted by atomic mass is 9.87. The molecule has 0 amide bonds. The van der Waals surface area contributed by atoms with E-state index in [0.717, 1.165) is 38.5 Å². The first-order valence-corrected chi connectivity index (χ1v) is 23.6. The van der Waals surface area contributed by atoms with Crippen LogP contribution in [-0.4, -0.2) is 18.3 Å². The van der Waals surface area contributed by atoms with Crippen molar-refractivity contribution in [1.82, 2.24) is 0 Å². The molecule has 3 atom stereocenters. The van der Waals surface area contributed by atoms with Crippen LogP contribution in [0.5, 0.6) is 0 Å². The van der Waals surface area contributed by atoms with Crippen molar-refractivity contribution in [2.24, 2.45) is 16.6 Å². The van der Waals surface area contributed by atoms with Gasteiger partial charge >= 0.3 is 0 Å². The summed E-state index contributed by atoms with van der Waals surface area (Å²) in [6, 6.07) is 40.3. The molecule has 2 nitrogen and oxygen atoms in total. The third kappa shape index (κ3) is 13.6. The number of hydrogen-bond donors (Lipinski definition) is 1. The summed E-state index contributed by atoms with van der Waals surface area (Å²) >= 11 is 0. The van der Waals surface area contributed by atoms with Crippen LogP contribution in [0.4, 0.5) is 0 Å². The first-order chi connectivity index (χ1) is 30.8. The highest BCUT2D eigenvalue weighted by atomic mass is 14.8. The second kappa shape index (κ2) is 25.3. The third-order valence-electron chi connectivity index (χ3n) is 11.6. The topological polar surface area (TPSA) is 38.4 Å². The molecule has 5 aromatic rings. The summed E-state index contributed by atoms with van der Waals surface area (Å²) in [5, 5.41) is 2.71. The molecule has 0 saturated carbocycles. The summed E-state index contributed by atoms with van der Waals surface area (Å²) in [6.07, 6.45) is 29.9. The Morgan fingerprint density at radius 3 is 2.27 bits per heavy atom. The molecular formula is C61H72N2. The molecule has 9 rings (SSSR count). The van der Waals surface area contributed by atoms with E-state index in [-0.39, 0.29) is 12.1 Å². The molecule has 3 unspecified atom stereocenters. The maximum Gasteiger partial charge on any atom is 0.0685 e. The highest BCUT2D eigenvalue weighted by molar-refractivity contribution is 6.03. The number of fused-ring (bicyclic) bond motifs is 4. The molecule has 4 aliphatic rings. The summed E-state index contributed by atoms with van der Waals surface area (Å²) in [4.78, 5) is 4.82. The molecule has 4 aliphatic carbocycles. The van der Waals surface area contributed by atoms with Crippen molar-refractivity contribution in [3.8, 4) is 11.1 Å². The van der Waals surface area contributed by atoms with Gasteiger partial charge < -0.3 is 5.73 Å². The second-order valence-electron chi connectivity index (χ2n) is 16.7. The highest BCUT2D eigenvalue weighted by Crippen LogP contribution is 2.45. The van der Waals surface area contributed by atoms with Crippen LogP contribution in [0.1, 0.15) is 113 Å². The lowest BCUT2D eigenvalue weighted by molar-refractivity contribution is 0.544. The van der Waals surface area contributed by atoms with Crippen LogP contribution in [0.25, 0.3) is 38.6 Å². The molecular weight excluding hydrogens is 761 g/mol. The molecule has 0 saturated heterocycles. The van der Waals surface area contributed by atoms with Crippen LogP contribution in [0.2, 0.25) is 0 Å². The van der Waals surface area contributed by atoms with Crippen LogP contribution >= 0.6 is 0 Å². The largest absolute Gasteiger partial charge is 0.323 e. The van der Waals surface area contributed by atoms with Crippen molar-refractivity contribution in [2.45, 2.75) is 112 Å². The minimum absolute atomic E-state index is 0.0400. The quantitative estimate of drug-likeness (QED) is 0.0990. The van der Waals surface area contributed by atoms with Gasteiger partial charge in [-0.25, -0.2) is 0 Å². The summed E-state index contributed by atoms with van der Waals surface area (Å²) < 4.78 is 0. The number of aryl methyl sites for hydroxylation is 1. The maximum absolute atomic E-state index is 6.23. The van der Waals surface area contributed by atoms with E-state index in [0.29, 0.717) is 5.92 Å². The van der Waals surface area contributed by atoms with Crippen LogP contribution in [0, 0.1) is 12.8 Å². The predicted octanol–water partition coefficient (Wildman–Crippen LogP) is 16.5. The molecule has 2 N–H and O–H groups in total. The lowest BCUT2D eigenvalue weighted by Gasteiger charge is -2.20. The van der Waals surface area contributed by atoms with E-state index in [1.807, 2.05) is 32.9 Å². The van der Waals surface area contributed by atoms with Crippen LogP contribution in [-0.2, 0) is 12.8 Å². The van der Waals surface area contributed by atoms with Crippen molar-refractivity contribution < 1.29 is 0 Å². The van der Waals surface area contributed by atoms with Gasteiger partial charge in [-0.3, -0.25) is 4.99 Å². The average Bonchev–Trinajstić information content (AvgIpc) is 3.70. The minimum atomic E-state index is 0.0400. The fourth-order valence-electron chi connectivity index (χ4n) is 8.50. The van der Waals surface area contributed by atoms with E-state index in [2.05, 4.69) is 186 Å². The molecule has 0 bridgehead atoms. The van der Waals surface area contributed by atoms with Gasteiger partial charge in [0.25, 0.3) is 0 Å². The molecule has 63 heavy (non-hydrogen) atoms. The standard InChI is InChI=1S/C38H36N2.C13H14.C5H8.C3H8.C2H6/c1-25-19-26(17-18-40-37-12-5-4-11-36(37)39)21-33(20-25)29-9-6-8-28(22-29)30-14-15-31-23-32-16-13-27-7-2-3-10-34(27)38(32)35(31)24-30;1-11-7-9-13(10-8-11)12-5-3-2-4-6-12;1-3-5-4-2;1-3-2;1-2/h2-4,6-11,13,16,18-22,24,36-37H,5,12,14-15,17,23,39H2,1H3;2-7,9-11H,8H2,1H3;3-5H,1H2,2H3;3H2,1-2H3;1-2H3/b;;5-4-;;. The third-order valence-corrected chi connectivity index (χ3v) is 11.6. The lowest BCUT2D eigenvalue weighted by Crippen LogP contribution is -2.33. The van der Waals surface area contributed by atoms with Crippen molar-refractivity contribution in [3.05, 3.63) is 209 Å². The molecule has 326 valence electrons. The summed E-state index contributed by atoms with van der Waals surface area (Å²) in [5.41, 5.74) is 22.8. The number of aliphatic imine (C=N–C) groups is 1. The van der Waals surface area contributed by atoms with Gasteiger partial charge in [0, 0.05) is 18.7 Å². The van der Waals surface area contributed by atoms with E-state index in [9.17, 15) is 0 Å². The summed E-state index contributed by atoms with van der Waals surface area (Å²) in [5.74, 6) is 0.701. The summed E-state index contributed by atoms with van der Waals surface area (Å²) in [6.45, 7) is 18.1. The van der Waals surface area contributed by atoms with Crippen molar-refractivity contribution in [3.63, 3.8) is 0 Å². The zero-order valence-corrected chi connectivity index (χ0v) is 39.3. The average molecular weight is 833 g/mol. The Labute approximate surface area is 381 Å². The first kappa shape index (κ1) is 48.2. The van der Waals surface area contributed by atoms with Gasteiger partial charge in [0.15, 0.2) is 0 Å². The smallest absolute Gasteiger partial charge is 0.0685 e. The normalized spacial score (nSPS) is 18.3. The maximum atomic E-state index is 6.23. The molecule has 0 aliphatic heterocycles. The van der Waals surface area contributed by atoms with Crippen LogP contribution in [0.15, 0.2) is 181 Å². The van der Waals surface area contributed by atoms with E-state index >= 15 is 0 Å². The molecule has 2 heteroatoms. The van der Waals surface area contributed by atoms with Gasteiger partial charge in [-0.1, -0.05) is 217 Å². The monoisotopic (exact) mass is 833 g/mol. The van der Waals surface area contributed by atoms with Gasteiger partial charge in [-0.15, -0.1) is 0 Å². The second-order valence-corrected chi connectivity index (χ2v) is 16.7. The number of nitrogens with two attached hydrogens (primary N) is 1. The number of nitrogens with zero attached hydrogens (tertiary/aromatic N) is 1. The van der Waals surface area contributed by atoms with Crippen molar-refractivity contribution in [1.29, 1.82) is 0 Å². The van der Waals surface area contributed by atoms with Gasteiger partial charge in [0.05, 0.1) is 6.04 Å². The van der Waals surface area contributed by atoms with Gasteiger partial charge in [0.1, 0.15) is 0 Å². The van der Waals surface area contributed by atoms with Crippen molar-refractivity contribution >= 4 is 33.7 Å². The van der Waals surface area contributed by atoms with E-state index in [1.54, 1.807) is 11.6 Å². The molecule has 0 spiro atoms. The Morgan fingerprint density at radius 2 is 1.56 bits per heavy atom. The molecule has 5 aromatic carbocycles. The summed E-state index contributed by atoms with van der Waals surface area (Å²) in [7, 11) is 0. The Balaban J connectivity index is 0.000000268. The SMILES string of the molecule is C=C/C=C\C.CC.CC1C=CC(c2ccccc2)=CC1.CCC.Cc1cc(CC=NC2CCC=CC2N)cc(-c2cccc(C3=CC4=C(CC3)Cc3ccc5ccccc5c34)c2)c1. The van der Waals surface area contributed by atoms with Gasteiger partial charge in [-0.05, 0) is 131 Å². The Bertz CT molecular complexity index is 2470. The Kier molecular flexibility index (Phi) is 19.4. The molecule has 0 heterocycles. The Hall–Kier alpha value is -5.83. The molecule has 0 radical (unpaired) electrons. The highest BCUT2D eigenvalue weighted by Gasteiger charge is 2.26. The van der Waals surface area contributed by atoms with Crippen molar-refractivity contribution in [2.75, 3.05) is 0 Å². The first-order valence-electron chi connectivity index (χ1n) is 23.6. The van der Waals surface area contributed by atoms with E-state index in [1.165, 1.54) is 84.8 Å². The van der Waals surface area contributed by atoms with Gasteiger partial charge in [-0.2, -0.15) is 0 Å². The number of rotatable bonds is 7. The zero-order valence-electron chi connectivity index (χ0n) is 39.3. The number of benzene rings is 5. The van der Waals surface area contributed by atoms with E-state index in [4.69, 9.17) is 10.7 Å². The zero-order chi connectivity index (χ0) is 45.0. The molecule has 0 fully saturated rings. The fourth-order valence-corrected chi connectivity index (χ4v) is 8.50. The van der Waals surface area contributed by atoms with Crippen LogP contribution in [0.3, 0.4) is 0 Å². The fraction of sp³-hybridized carbons (Fsp3) is 0.295. The van der Waals surface area contributed by atoms with Crippen LogP contribution < -0.4 is 5.73 Å². The minimum Gasteiger partial charge on any atom is -0.323 e.